The average molecular weight is 184 g/mol. The van der Waals surface area contributed by atoms with Crippen LogP contribution in [0.2, 0.25) is 0 Å². The highest BCUT2D eigenvalue weighted by Gasteiger charge is 2.44. The van der Waals surface area contributed by atoms with Crippen molar-refractivity contribution in [2.24, 2.45) is 10.9 Å². The van der Waals surface area contributed by atoms with Crippen molar-refractivity contribution in [3.05, 3.63) is 0 Å². The summed E-state index contributed by atoms with van der Waals surface area (Å²) in [5.41, 5.74) is -0.799. The third kappa shape index (κ3) is 2.06. The maximum absolute atomic E-state index is 11.7. The Balaban J connectivity index is 2.69. The van der Waals surface area contributed by atoms with Crippen molar-refractivity contribution >= 4 is 11.7 Å². The molecule has 0 spiro atoms. The van der Waals surface area contributed by atoms with Crippen LogP contribution in [0.3, 0.4) is 0 Å². The van der Waals surface area contributed by atoms with Gasteiger partial charge >= 0.3 is 5.97 Å². The number of aliphatic imine (C=N–C) groups is 1. The maximum Gasteiger partial charge on any atom is 0.314 e. The van der Waals surface area contributed by atoms with E-state index < -0.39 is 17.6 Å². The fraction of sp³-hybridized carbons (Fsp3) is 0.778. The third-order valence-electron chi connectivity index (χ3n) is 2.13. The van der Waals surface area contributed by atoms with E-state index in [1.165, 1.54) is 6.92 Å². The predicted octanol–water partition coefficient (Wildman–Crippen LogP) is 1.18. The molecule has 0 amide bonds. The lowest BCUT2D eigenvalue weighted by Crippen LogP contribution is -2.34. The summed E-state index contributed by atoms with van der Waals surface area (Å²) < 4.78 is 4.80. The van der Waals surface area contributed by atoms with Gasteiger partial charge in [-0.3, -0.25) is 9.79 Å². The second-order valence-electron chi connectivity index (χ2n) is 3.41. The number of esters is 1. The molecule has 13 heavy (non-hydrogen) atoms. The zero-order chi connectivity index (χ0) is 10.1. The van der Waals surface area contributed by atoms with Crippen LogP contribution < -0.4 is 0 Å². The Morgan fingerprint density at radius 2 is 2.38 bits per heavy atom. The van der Waals surface area contributed by atoms with Gasteiger partial charge in [0.25, 0.3) is 0 Å². The van der Waals surface area contributed by atoms with Crippen molar-refractivity contribution in [3.63, 3.8) is 0 Å². The highest BCUT2D eigenvalue weighted by molar-refractivity contribution is 5.90. The van der Waals surface area contributed by atoms with Crippen molar-refractivity contribution < 1.29 is 14.6 Å². The fourth-order valence-corrected chi connectivity index (χ4v) is 1.53. The quantitative estimate of drug-likeness (QED) is 0.605. The molecule has 0 aliphatic carbocycles. The average Bonchev–Trinajstić information content (AvgIpc) is 2.24. The van der Waals surface area contributed by atoms with Crippen molar-refractivity contribution in [1.82, 2.24) is 0 Å². The molecule has 4 heteroatoms. The van der Waals surface area contributed by atoms with E-state index in [2.05, 4.69) is 4.99 Å². The van der Waals surface area contributed by atoms with E-state index in [1.807, 2.05) is 0 Å². The van der Waals surface area contributed by atoms with E-state index in [4.69, 9.17) is 4.74 Å². The van der Waals surface area contributed by atoms with Gasteiger partial charge in [0.15, 0.2) is 0 Å². The third-order valence-corrected chi connectivity index (χ3v) is 2.13. The molecule has 2 atom stereocenters. The van der Waals surface area contributed by atoms with Gasteiger partial charge in [0.1, 0.15) is 5.92 Å². The summed E-state index contributed by atoms with van der Waals surface area (Å²) in [5.74, 6) is -1.08. The van der Waals surface area contributed by atoms with Crippen molar-refractivity contribution in [1.29, 1.82) is 0 Å². The van der Waals surface area contributed by atoms with Crippen LogP contribution in [0.5, 0.6) is 0 Å². The standard InChI is InChI=1S/C9H14NO3/c1-4-13-8(11)7-5-6(2)10-9(7,3)12/h7H,4-5H2,1-3H3. The van der Waals surface area contributed by atoms with Crippen molar-refractivity contribution in [2.75, 3.05) is 6.61 Å². The first-order chi connectivity index (χ1) is 5.97. The summed E-state index contributed by atoms with van der Waals surface area (Å²) >= 11 is 0. The molecule has 0 aromatic carbocycles. The first-order valence-electron chi connectivity index (χ1n) is 4.39. The minimum atomic E-state index is -1.53. The van der Waals surface area contributed by atoms with Gasteiger partial charge in [-0.2, -0.15) is 0 Å². The van der Waals surface area contributed by atoms with Crippen LogP contribution in [-0.2, 0) is 14.6 Å². The Bertz CT molecular complexity index is 245. The van der Waals surface area contributed by atoms with Gasteiger partial charge in [0.2, 0.25) is 5.72 Å². The van der Waals surface area contributed by atoms with E-state index in [-0.39, 0.29) is 0 Å². The fourth-order valence-electron chi connectivity index (χ4n) is 1.53. The van der Waals surface area contributed by atoms with Gasteiger partial charge in [-0.15, -0.1) is 0 Å². The molecule has 0 fully saturated rings. The lowest BCUT2D eigenvalue weighted by atomic mass is 9.97. The Kier molecular flexibility index (Phi) is 2.71. The Labute approximate surface area is 77.6 Å². The smallest absolute Gasteiger partial charge is 0.314 e. The number of rotatable bonds is 2. The number of carbonyl (C=O) groups is 1. The van der Waals surface area contributed by atoms with Crippen LogP contribution in [0, 0.1) is 5.92 Å². The molecule has 0 saturated heterocycles. The molecule has 73 valence electrons. The molecule has 1 aliphatic heterocycles. The second-order valence-corrected chi connectivity index (χ2v) is 3.41. The van der Waals surface area contributed by atoms with Gasteiger partial charge < -0.3 is 4.74 Å². The van der Waals surface area contributed by atoms with Gasteiger partial charge in [0, 0.05) is 12.1 Å². The minimum Gasteiger partial charge on any atom is -0.466 e. The van der Waals surface area contributed by atoms with E-state index in [0.717, 1.165) is 5.71 Å². The van der Waals surface area contributed by atoms with Crippen LogP contribution in [0.25, 0.3) is 0 Å². The normalized spacial score (nSPS) is 32.9. The topological polar surface area (TPSA) is 58.6 Å². The van der Waals surface area contributed by atoms with Crippen LogP contribution in [0.4, 0.5) is 0 Å². The summed E-state index contributed by atoms with van der Waals surface area (Å²) in [6.07, 6.45) is 0.429. The summed E-state index contributed by atoms with van der Waals surface area (Å²) in [6, 6.07) is 0. The highest BCUT2D eigenvalue weighted by Crippen LogP contribution is 2.31. The van der Waals surface area contributed by atoms with Gasteiger partial charge in [-0.1, -0.05) is 0 Å². The Morgan fingerprint density at radius 3 is 2.77 bits per heavy atom. The largest absolute Gasteiger partial charge is 0.466 e. The van der Waals surface area contributed by atoms with Crippen LogP contribution in [0.1, 0.15) is 27.2 Å². The number of hydrogen-bond donors (Lipinski definition) is 0. The van der Waals surface area contributed by atoms with E-state index >= 15 is 0 Å². The molecule has 0 N–H and O–H groups in total. The van der Waals surface area contributed by atoms with Gasteiger partial charge in [0.05, 0.1) is 6.61 Å². The number of ether oxygens (including phenoxy) is 1. The molecule has 4 nitrogen and oxygen atoms in total. The summed E-state index contributed by atoms with van der Waals surface area (Å²) in [6.45, 7) is 5.22. The lowest BCUT2D eigenvalue weighted by Gasteiger charge is -2.18. The predicted molar refractivity (Wildman–Crippen MR) is 46.9 cm³/mol. The summed E-state index contributed by atoms with van der Waals surface area (Å²) in [7, 11) is 0. The molecular formula is C9H14NO3. The molecule has 0 aromatic heterocycles. The molecule has 0 saturated carbocycles. The number of carbonyl (C=O) groups excluding carboxylic acids is 1. The van der Waals surface area contributed by atoms with E-state index in [1.54, 1.807) is 13.8 Å². The molecule has 0 bridgehead atoms. The van der Waals surface area contributed by atoms with Gasteiger partial charge in [-0.25, -0.2) is 5.11 Å². The Morgan fingerprint density at radius 1 is 1.77 bits per heavy atom. The van der Waals surface area contributed by atoms with Crippen molar-refractivity contribution in [3.8, 4) is 0 Å². The minimum absolute atomic E-state index is 0.310. The van der Waals surface area contributed by atoms with Crippen LogP contribution in [0.15, 0.2) is 4.99 Å². The molecule has 1 rings (SSSR count). The first-order valence-corrected chi connectivity index (χ1v) is 4.39. The maximum atomic E-state index is 11.7. The number of hydrogen-bond acceptors (Lipinski definition) is 3. The zero-order valence-corrected chi connectivity index (χ0v) is 8.16. The molecule has 1 aliphatic rings. The Hall–Kier alpha value is -0.900. The van der Waals surface area contributed by atoms with E-state index in [0.29, 0.717) is 13.0 Å². The molecule has 1 radical (unpaired) electrons. The SMILES string of the molecule is CCOC(=O)C1CC(C)=NC1(C)[O]. The van der Waals surface area contributed by atoms with Gasteiger partial charge in [-0.05, 0) is 20.8 Å². The van der Waals surface area contributed by atoms with Crippen LogP contribution >= 0.6 is 0 Å². The molecule has 1 heterocycles. The second kappa shape index (κ2) is 3.46. The molecule has 2 unspecified atom stereocenters. The summed E-state index contributed by atoms with van der Waals surface area (Å²) in [5, 5.41) is 11.7. The zero-order valence-electron chi connectivity index (χ0n) is 8.16. The lowest BCUT2D eigenvalue weighted by molar-refractivity contribution is -0.159. The first kappa shape index (κ1) is 10.2. The number of nitrogens with zero attached hydrogens (tertiary/aromatic N) is 1. The molecule has 0 aromatic rings. The van der Waals surface area contributed by atoms with Crippen molar-refractivity contribution in [2.45, 2.75) is 32.9 Å². The summed E-state index contributed by atoms with van der Waals surface area (Å²) in [4.78, 5) is 15.2. The molecular weight excluding hydrogens is 170 g/mol. The monoisotopic (exact) mass is 184 g/mol. The highest BCUT2D eigenvalue weighted by atomic mass is 16.5. The van der Waals surface area contributed by atoms with E-state index in [9.17, 15) is 9.90 Å². The van der Waals surface area contributed by atoms with Crippen LogP contribution in [-0.4, -0.2) is 24.0 Å².